The zero-order valence-corrected chi connectivity index (χ0v) is 15.8. The van der Waals surface area contributed by atoms with E-state index in [1.165, 1.54) is 26.2 Å². The molecule has 3 rings (SSSR count). The average molecular weight is 376 g/mol. The Morgan fingerprint density at radius 3 is 2.23 bits per heavy atom. The maximum absolute atomic E-state index is 12.8. The molecule has 2 heterocycles. The Hall–Kier alpha value is -2.68. The summed E-state index contributed by atoms with van der Waals surface area (Å²) in [7, 11) is -1.19. The van der Waals surface area contributed by atoms with Gasteiger partial charge in [-0.25, -0.2) is 4.79 Å². The smallest absolute Gasteiger partial charge is 0.279 e. The zero-order chi connectivity index (χ0) is 19.2. The molecule has 0 unspecified atom stereocenters. The van der Waals surface area contributed by atoms with E-state index in [4.69, 9.17) is 0 Å². The van der Waals surface area contributed by atoms with Crippen molar-refractivity contribution in [2.45, 2.75) is 25.2 Å². The van der Waals surface area contributed by atoms with Gasteiger partial charge in [-0.2, -0.15) is 12.5 Å². The summed E-state index contributed by atoms with van der Waals surface area (Å²) in [6.45, 7) is 4.18. The third kappa shape index (κ3) is 2.88. The molecule has 138 valence electrons. The van der Waals surface area contributed by atoms with Gasteiger partial charge >= 0.3 is 5.69 Å². The summed E-state index contributed by atoms with van der Waals surface area (Å²) in [5.74, 6) is 0.464. The van der Waals surface area contributed by atoms with E-state index < -0.39 is 21.3 Å². The maximum Gasteiger partial charge on any atom is 0.332 e. The first-order chi connectivity index (χ1) is 12.1. The largest absolute Gasteiger partial charge is 0.332 e. The molecule has 2 aromatic heterocycles. The molecule has 0 amide bonds. The first-order valence-corrected chi connectivity index (χ1v) is 9.57. The van der Waals surface area contributed by atoms with E-state index in [1.54, 1.807) is 12.1 Å². The topological polar surface area (TPSA) is 96.0 Å². The second-order valence-corrected chi connectivity index (χ2v) is 8.49. The van der Waals surface area contributed by atoms with Crippen molar-refractivity contribution in [2.24, 2.45) is 20.0 Å². The fourth-order valence-corrected chi connectivity index (χ4v) is 3.95. The van der Waals surface area contributed by atoms with Crippen LogP contribution in [0.3, 0.4) is 0 Å². The van der Waals surface area contributed by atoms with Gasteiger partial charge < -0.3 is 0 Å². The number of hydrogen-bond acceptors (Lipinski definition) is 5. The molecule has 0 aliphatic heterocycles. The highest BCUT2D eigenvalue weighted by atomic mass is 32.2. The van der Waals surface area contributed by atoms with Gasteiger partial charge in [-0.1, -0.05) is 26.0 Å². The molecule has 0 fully saturated rings. The highest BCUT2D eigenvalue weighted by molar-refractivity contribution is 7.89. The van der Waals surface area contributed by atoms with Crippen LogP contribution in [-0.2, 0) is 30.5 Å². The summed E-state index contributed by atoms with van der Waals surface area (Å²) in [5.41, 5.74) is -0.0843. The Balaban J connectivity index is 2.13. The van der Waals surface area contributed by atoms with Crippen molar-refractivity contribution in [3.05, 3.63) is 56.9 Å². The van der Waals surface area contributed by atoms with Crippen molar-refractivity contribution in [1.82, 2.24) is 18.3 Å². The van der Waals surface area contributed by atoms with E-state index >= 15 is 0 Å². The summed E-state index contributed by atoms with van der Waals surface area (Å²) < 4.78 is 28.5. The summed E-state index contributed by atoms with van der Waals surface area (Å²) in [5, 5.41) is 4.04. The molecule has 0 saturated heterocycles. The molecule has 9 heteroatoms. The van der Waals surface area contributed by atoms with Gasteiger partial charge in [0.15, 0.2) is 5.65 Å². The molecule has 0 radical (unpaired) electrons. The Kier molecular flexibility index (Phi) is 4.35. The quantitative estimate of drug-likeness (QED) is 0.673. The number of aromatic nitrogens is 4. The van der Waals surface area contributed by atoms with E-state index in [0.717, 1.165) is 31.4 Å². The molecule has 0 spiro atoms. The van der Waals surface area contributed by atoms with Crippen molar-refractivity contribution in [3.63, 3.8) is 0 Å². The first kappa shape index (κ1) is 18.1. The summed E-state index contributed by atoms with van der Waals surface area (Å²) in [4.78, 5) is 24.3. The molecule has 0 aliphatic rings. The van der Waals surface area contributed by atoms with Crippen LogP contribution in [0.1, 0.15) is 19.4 Å². The van der Waals surface area contributed by atoms with Gasteiger partial charge in [0.05, 0.1) is 11.1 Å². The van der Waals surface area contributed by atoms with Crippen LogP contribution in [0.4, 0.5) is 0 Å². The predicted octanol–water partition coefficient (Wildman–Crippen LogP) is 0.869. The minimum absolute atomic E-state index is 0.0260. The number of hydrogen-bond donors (Lipinski definition) is 0. The molecule has 0 aliphatic carbocycles. The van der Waals surface area contributed by atoms with Gasteiger partial charge in [0.1, 0.15) is 5.39 Å². The summed E-state index contributed by atoms with van der Waals surface area (Å²) in [6, 6.07) is 6.59. The number of benzene rings is 1. The molecule has 3 aromatic rings. The third-order valence-electron chi connectivity index (χ3n) is 4.21. The Labute approximate surface area is 150 Å². The lowest BCUT2D eigenvalue weighted by Gasteiger charge is -2.07. The number of aryl methyl sites for hydroxylation is 1. The van der Waals surface area contributed by atoms with Crippen LogP contribution in [0.25, 0.3) is 11.0 Å². The fraction of sp³-hybridized carbons (Fsp3) is 0.353. The minimum Gasteiger partial charge on any atom is -0.279 e. The molecule has 0 atom stereocenters. The second-order valence-electron chi connectivity index (χ2n) is 6.69. The standard InChI is InChI=1S/C17H20N4O4S/c1-11(2)9-12-5-7-13(8-6-12)26(24,25)21-10-14-15(18-21)19(3)17(23)20(4)16(14)22/h5-8,10-11H,9H2,1-4H3. The third-order valence-corrected chi connectivity index (χ3v) is 5.76. The van der Waals surface area contributed by atoms with Gasteiger partial charge in [0, 0.05) is 14.1 Å². The van der Waals surface area contributed by atoms with Gasteiger partial charge in [0.2, 0.25) is 0 Å². The van der Waals surface area contributed by atoms with Crippen molar-refractivity contribution < 1.29 is 8.42 Å². The lowest BCUT2D eigenvalue weighted by molar-refractivity contribution is 0.580. The van der Waals surface area contributed by atoms with Gasteiger partial charge in [-0.05, 0) is 30.0 Å². The number of nitrogens with zero attached hydrogens (tertiary/aromatic N) is 4. The second kappa shape index (κ2) is 6.24. The van der Waals surface area contributed by atoms with Crippen LogP contribution in [0, 0.1) is 5.92 Å². The average Bonchev–Trinajstić information content (AvgIpc) is 3.04. The predicted molar refractivity (Wildman–Crippen MR) is 97.8 cm³/mol. The summed E-state index contributed by atoms with van der Waals surface area (Å²) >= 11 is 0. The molecule has 0 bridgehead atoms. The molecule has 0 N–H and O–H groups in total. The number of rotatable bonds is 4. The van der Waals surface area contributed by atoms with Crippen LogP contribution < -0.4 is 11.2 Å². The maximum atomic E-state index is 12.8. The van der Waals surface area contributed by atoms with Crippen LogP contribution in [0.5, 0.6) is 0 Å². The van der Waals surface area contributed by atoms with Crippen LogP contribution in [0.2, 0.25) is 0 Å². The van der Waals surface area contributed by atoms with E-state index in [0.29, 0.717) is 5.92 Å². The van der Waals surface area contributed by atoms with E-state index in [2.05, 4.69) is 18.9 Å². The molecule has 1 aromatic carbocycles. The fourth-order valence-electron chi connectivity index (χ4n) is 2.83. The van der Waals surface area contributed by atoms with Crippen molar-refractivity contribution in [2.75, 3.05) is 0 Å². The Bertz CT molecular complexity index is 1200. The Morgan fingerprint density at radius 2 is 1.65 bits per heavy atom. The van der Waals surface area contributed by atoms with Crippen LogP contribution in [0.15, 0.2) is 44.9 Å². The van der Waals surface area contributed by atoms with Crippen molar-refractivity contribution >= 4 is 21.1 Å². The van der Waals surface area contributed by atoms with E-state index in [-0.39, 0.29) is 15.9 Å². The summed E-state index contributed by atoms with van der Waals surface area (Å²) in [6.07, 6.45) is 2.00. The zero-order valence-electron chi connectivity index (χ0n) is 15.0. The van der Waals surface area contributed by atoms with Crippen LogP contribution >= 0.6 is 0 Å². The highest BCUT2D eigenvalue weighted by Crippen LogP contribution is 2.17. The van der Waals surface area contributed by atoms with Crippen molar-refractivity contribution in [3.8, 4) is 0 Å². The van der Waals surface area contributed by atoms with Gasteiger partial charge in [-0.15, -0.1) is 5.10 Å². The normalized spacial score (nSPS) is 12.2. The minimum atomic E-state index is -3.96. The highest BCUT2D eigenvalue weighted by Gasteiger charge is 2.21. The van der Waals surface area contributed by atoms with Crippen LogP contribution in [-0.4, -0.2) is 26.7 Å². The lowest BCUT2D eigenvalue weighted by Crippen LogP contribution is -2.36. The first-order valence-electron chi connectivity index (χ1n) is 8.13. The SMILES string of the molecule is CC(C)Cc1ccc(S(=O)(=O)n2cc3c(=O)n(C)c(=O)n(C)c3n2)cc1. The molecular weight excluding hydrogens is 356 g/mol. The molecule has 26 heavy (non-hydrogen) atoms. The lowest BCUT2D eigenvalue weighted by atomic mass is 10.0. The molecular formula is C17H20N4O4S. The monoisotopic (exact) mass is 376 g/mol. The van der Waals surface area contributed by atoms with E-state index in [9.17, 15) is 18.0 Å². The van der Waals surface area contributed by atoms with Crippen molar-refractivity contribution in [1.29, 1.82) is 0 Å². The Morgan fingerprint density at radius 1 is 1.04 bits per heavy atom. The van der Waals surface area contributed by atoms with E-state index in [1.807, 2.05) is 0 Å². The van der Waals surface area contributed by atoms with Gasteiger partial charge in [-0.3, -0.25) is 13.9 Å². The molecule has 0 saturated carbocycles. The van der Waals surface area contributed by atoms with Gasteiger partial charge in [0.25, 0.3) is 15.6 Å². The molecule has 8 nitrogen and oxygen atoms in total. The number of fused-ring (bicyclic) bond motifs is 1.